The van der Waals surface area contributed by atoms with E-state index in [0.29, 0.717) is 11.9 Å². The summed E-state index contributed by atoms with van der Waals surface area (Å²) >= 11 is 0. The first-order valence-electron chi connectivity index (χ1n) is 6.70. The largest absolute Gasteiger partial charge is 0.377 e. The third-order valence-corrected chi connectivity index (χ3v) is 3.73. The van der Waals surface area contributed by atoms with Gasteiger partial charge in [-0.2, -0.15) is 0 Å². The van der Waals surface area contributed by atoms with Crippen molar-refractivity contribution >= 4 is 5.78 Å². The second-order valence-electron chi connectivity index (χ2n) is 5.01. The van der Waals surface area contributed by atoms with Gasteiger partial charge >= 0.3 is 0 Å². The van der Waals surface area contributed by atoms with Gasteiger partial charge in [-0.25, -0.2) is 0 Å². The maximum absolute atomic E-state index is 11.1. The lowest BCUT2D eigenvalue weighted by atomic mass is 9.98. The molecule has 0 bridgehead atoms. The van der Waals surface area contributed by atoms with E-state index in [4.69, 9.17) is 4.74 Å². The molecule has 0 unspecified atom stereocenters. The Labute approximate surface area is 98.1 Å². The van der Waals surface area contributed by atoms with Gasteiger partial charge in [0.2, 0.25) is 0 Å². The van der Waals surface area contributed by atoms with Crippen molar-refractivity contribution < 1.29 is 9.53 Å². The summed E-state index contributed by atoms with van der Waals surface area (Å²) in [5.41, 5.74) is 0. The summed E-state index contributed by atoms with van der Waals surface area (Å²) in [6.07, 6.45) is 8.55. The summed E-state index contributed by atoms with van der Waals surface area (Å²) in [6, 6.07) is 0. The van der Waals surface area contributed by atoms with Gasteiger partial charge in [-0.3, -0.25) is 4.79 Å². The van der Waals surface area contributed by atoms with Crippen molar-refractivity contribution in [3.63, 3.8) is 0 Å². The molecule has 0 atom stereocenters. The number of carbonyl (C=O) groups excluding carboxylic acids is 1. The number of likely N-dealkylation sites (tertiary alicyclic amines) is 1. The van der Waals surface area contributed by atoms with Crippen molar-refractivity contribution in [1.29, 1.82) is 0 Å². The van der Waals surface area contributed by atoms with Crippen LogP contribution >= 0.6 is 0 Å². The number of nitrogens with zero attached hydrogens (tertiary/aromatic N) is 1. The minimum Gasteiger partial charge on any atom is -0.377 e. The van der Waals surface area contributed by atoms with E-state index >= 15 is 0 Å². The van der Waals surface area contributed by atoms with Gasteiger partial charge in [-0.15, -0.1) is 0 Å². The third-order valence-electron chi connectivity index (χ3n) is 3.73. The van der Waals surface area contributed by atoms with E-state index in [2.05, 4.69) is 4.90 Å². The molecule has 0 amide bonds. The maximum Gasteiger partial charge on any atom is 0.135 e. The van der Waals surface area contributed by atoms with Crippen LogP contribution in [0.1, 0.15) is 44.9 Å². The Kier molecular flexibility index (Phi) is 4.79. The first-order valence-corrected chi connectivity index (χ1v) is 6.70. The number of piperidine rings is 1. The van der Waals surface area contributed by atoms with E-state index < -0.39 is 0 Å². The summed E-state index contributed by atoms with van der Waals surface area (Å²) in [5, 5.41) is 0. The molecule has 1 saturated carbocycles. The second-order valence-corrected chi connectivity index (χ2v) is 5.01. The molecular formula is C13H23NO2. The van der Waals surface area contributed by atoms with E-state index in [9.17, 15) is 4.79 Å². The quantitative estimate of drug-likeness (QED) is 0.733. The molecule has 1 aliphatic carbocycles. The highest BCUT2D eigenvalue weighted by Gasteiger charge is 2.17. The van der Waals surface area contributed by atoms with Crippen LogP contribution in [0.2, 0.25) is 0 Å². The van der Waals surface area contributed by atoms with Crippen LogP contribution in [-0.4, -0.2) is 43.0 Å². The van der Waals surface area contributed by atoms with E-state index in [1.54, 1.807) is 0 Å². The van der Waals surface area contributed by atoms with Gasteiger partial charge in [-0.05, 0) is 12.8 Å². The first kappa shape index (κ1) is 12.1. The summed E-state index contributed by atoms with van der Waals surface area (Å²) in [5.74, 6) is 0.421. The summed E-state index contributed by atoms with van der Waals surface area (Å²) in [7, 11) is 0. The second kappa shape index (κ2) is 6.36. The maximum atomic E-state index is 11.1. The van der Waals surface area contributed by atoms with Crippen LogP contribution in [0.15, 0.2) is 0 Å². The number of ether oxygens (including phenoxy) is 1. The molecule has 0 spiro atoms. The number of Topliss-reactive ketones (excluding diaryl/α,β-unsaturated/α-hetero) is 1. The SMILES string of the molecule is O=C1CCN(CCOC2CCCCC2)CC1. The number of rotatable bonds is 4. The van der Waals surface area contributed by atoms with Crippen LogP contribution < -0.4 is 0 Å². The average molecular weight is 225 g/mol. The van der Waals surface area contributed by atoms with Crippen LogP contribution in [0.25, 0.3) is 0 Å². The fourth-order valence-electron chi connectivity index (χ4n) is 2.61. The predicted molar refractivity (Wildman–Crippen MR) is 63.5 cm³/mol. The molecule has 1 heterocycles. The summed E-state index contributed by atoms with van der Waals surface area (Å²) in [4.78, 5) is 13.4. The van der Waals surface area contributed by atoms with Gasteiger partial charge in [0.05, 0.1) is 12.7 Å². The molecule has 92 valence electrons. The monoisotopic (exact) mass is 225 g/mol. The summed E-state index contributed by atoms with van der Waals surface area (Å²) < 4.78 is 5.89. The topological polar surface area (TPSA) is 29.5 Å². The fraction of sp³-hybridized carbons (Fsp3) is 0.923. The fourth-order valence-corrected chi connectivity index (χ4v) is 2.61. The highest BCUT2D eigenvalue weighted by molar-refractivity contribution is 5.79. The van der Waals surface area contributed by atoms with Crippen LogP contribution in [0, 0.1) is 0 Å². The molecule has 0 aromatic heterocycles. The molecule has 0 radical (unpaired) electrons. The average Bonchev–Trinajstić information content (AvgIpc) is 2.33. The zero-order valence-electron chi connectivity index (χ0n) is 10.1. The Hall–Kier alpha value is -0.410. The molecule has 1 saturated heterocycles. The van der Waals surface area contributed by atoms with Crippen molar-refractivity contribution in [3.8, 4) is 0 Å². The van der Waals surface area contributed by atoms with Gasteiger partial charge in [0.15, 0.2) is 0 Å². The third kappa shape index (κ3) is 3.87. The van der Waals surface area contributed by atoms with Gasteiger partial charge in [-0.1, -0.05) is 19.3 Å². The van der Waals surface area contributed by atoms with E-state index in [-0.39, 0.29) is 0 Å². The molecule has 16 heavy (non-hydrogen) atoms. The highest BCUT2D eigenvalue weighted by Crippen LogP contribution is 2.20. The molecule has 1 aliphatic heterocycles. The Balaban J connectivity index is 1.55. The smallest absolute Gasteiger partial charge is 0.135 e. The molecule has 3 heteroatoms. The van der Waals surface area contributed by atoms with Crippen LogP contribution in [0.5, 0.6) is 0 Å². The van der Waals surface area contributed by atoms with Crippen molar-refractivity contribution in [2.75, 3.05) is 26.2 Å². The zero-order chi connectivity index (χ0) is 11.2. The lowest BCUT2D eigenvalue weighted by Crippen LogP contribution is -2.36. The number of hydrogen-bond acceptors (Lipinski definition) is 3. The van der Waals surface area contributed by atoms with E-state index in [1.807, 2.05) is 0 Å². The van der Waals surface area contributed by atoms with Gasteiger partial charge in [0, 0.05) is 32.5 Å². The lowest BCUT2D eigenvalue weighted by Gasteiger charge is -2.27. The molecule has 0 aromatic carbocycles. The number of ketones is 1. The van der Waals surface area contributed by atoms with Crippen LogP contribution in [0.3, 0.4) is 0 Å². The predicted octanol–water partition coefficient (Wildman–Crippen LogP) is 2.00. The van der Waals surface area contributed by atoms with E-state index in [1.165, 1.54) is 32.1 Å². The first-order chi connectivity index (χ1) is 7.84. The van der Waals surface area contributed by atoms with E-state index in [0.717, 1.165) is 39.1 Å². The molecule has 3 nitrogen and oxygen atoms in total. The molecule has 0 N–H and O–H groups in total. The zero-order valence-corrected chi connectivity index (χ0v) is 10.1. The molecule has 2 aliphatic rings. The lowest BCUT2D eigenvalue weighted by molar-refractivity contribution is -0.121. The van der Waals surface area contributed by atoms with Crippen LogP contribution in [0.4, 0.5) is 0 Å². The Morgan fingerprint density at radius 2 is 1.81 bits per heavy atom. The minimum atomic E-state index is 0.421. The Morgan fingerprint density at radius 3 is 2.50 bits per heavy atom. The Morgan fingerprint density at radius 1 is 1.12 bits per heavy atom. The van der Waals surface area contributed by atoms with Crippen molar-refractivity contribution in [1.82, 2.24) is 4.90 Å². The summed E-state index contributed by atoms with van der Waals surface area (Å²) in [6.45, 7) is 3.72. The Bertz CT molecular complexity index is 214. The van der Waals surface area contributed by atoms with Gasteiger partial charge in [0.1, 0.15) is 5.78 Å². The number of hydrogen-bond donors (Lipinski definition) is 0. The molecular weight excluding hydrogens is 202 g/mol. The molecule has 2 rings (SSSR count). The molecule has 0 aromatic rings. The molecule has 2 fully saturated rings. The van der Waals surface area contributed by atoms with Gasteiger partial charge < -0.3 is 9.64 Å². The van der Waals surface area contributed by atoms with Crippen molar-refractivity contribution in [2.24, 2.45) is 0 Å². The van der Waals surface area contributed by atoms with Crippen molar-refractivity contribution in [2.45, 2.75) is 51.0 Å². The van der Waals surface area contributed by atoms with Crippen LogP contribution in [-0.2, 0) is 9.53 Å². The standard InChI is InChI=1S/C13H23NO2/c15-12-6-8-14(9-7-12)10-11-16-13-4-2-1-3-5-13/h13H,1-11H2. The highest BCUT2D eigenvalue weighted by atomic mass is 16.5. The normalized spacial score (nSPS) is 24.9. The minimum absolute atomic E-state index is 0.421. The number of carbonyl (C=O) groups is 1. The van der Waals surface area contributed by atoms with Gasteiger partial charge in [0.25, 0.3) is 0 Å². The van der Waals surface area contributed by atoms with Crippen molar-refractivity contribution in [3.05, 3.63) is 0 Å².